The van der Waals surface area contributed by atoms with Crippen molar-refractivity contribution in [3.05, 3.63) is 34.2 Å². The van der Waals surface area contributed by atoms with Gasteiger partial charge in [-0.05, 0) is 12.1 Å². The quantitative estimate of drug-likeness (QED) is 0.819. The van der Waals surface area contributed by atoms with Gasteiger partial charge in [-0.15, -0.1) is 11.3 Å². The summed E-state index contributed by atoms with van der Waals surface area (Å²) in [6, 6.07) is 7.01. The van der Waals surface area contributed by atoms with Gasteiger partial charge in [-0.25, -0.2) is 9.78 Å². The molecule has 0 aliphatic rings. The number of nitrogens with zero attached hydrogens (tertiary/aromatic N) is 1. The van der Waals surface area contributed by atoms with E-state index in [9.17, 15) is 9.90 Å². The van der Waals surface area contributed by atoms with Gasteiger partial charge in [0.25, 0.3) is 0 Å². The molecule has 0 bridgehead atoms. The molecule has 3 N–H and O–H groups in total. The molecule has 0 spiro atoms. The number of benzene rings is 1. The summed E-state index contributed by atoms with van der Waals surface area (Å²) >= 11 is 1.18. The van der Waals surface area contributed by atoms with E-state index in [2.05, 4.69) is 4.98 Å². The number of ether oxygens (including phenoxy) is 1. The van der Waals surface area contributed by atoms with E-state index in [1.165, 1.54) is 11.3 Å². The number of aromatic nitrogens is 1. The van der Waals surface area contributed by atoms with Crippen molar-refractivity contribution in [3.8, 4) is 11.3 Å². The molecular formula is C13H14N2O3S. The fourth-order valence-corrected chi connectivity index (χ4v) is 2.55. The fourth-order valence-electron chi connectivity index (χ4n) is 1.64. The van der Waals surface area contributed by atoms with Crippen molar-refractivity contribution in [1.82, 2.24) is 4.98 Å². The topological polar surface area (TPSA) is 85.4 Å². The number of anilines is 1. The van der Waals surface area contributed by atoms with Crippen LogP contribution in [0.4, 0.5) is 5.69 Å². The highest BCUT2D eigenvalue weighted by atomic mass is 32.1. The minimum Gasteiger partial charge on any atom is -0.477 e. The van der Waals surface area contributed by atoms with Gasteiger partial charge in [-0.3, -0.25) is 0 Å². The van der Waals surface area contributed by atoms with E-state index < -0.39 is 5.97 Å². The molecular weight excluding hydrogens is 264 g/mol. The number of nitrogens with two attached hydrogens (primary N) is 1. The largest absolute Gasteiger partial charge is 0.477 e. The molecule has 0 aliphatic heterocycles. The molecule has 5 nitrogen and oxygen atoms in total. The number of rotatable bonds is 5. The number of thiazole rings is 1. The van der Waals surface area contributed by atoms with Gasteiger partial charge in [-0.1, -0.05) is 12.1 Å². The second-order valence-corrected chi connectivity index (χ2v) is 5.04. The monoisotopic (exact) mass is 278 g/mol. The highest BCUT2D eigenvalue weighted by Crippen LogP contribution is 2.29. The third-order valence-corrected chi connectivity index (χ3v) is 3.67. The molecule has 1 heterocycles. The third-order valence-electron chi connectivity index (χ3n) is 2.57. The molecule has 0 saturated carbocycles. The second kappa shape index (κ2) is 5.81. The summed E-state index contributed by atoms with van der Waals surface area (Å²) in [5.41, 5.74) is 7.50. The Hall–Kier alpha value is -1.92. The summed E-state index contributed by atoms with van der Waals surface area (Å²) in [4.78, 5) is 15.9. The first-order valence-electron chi connectivity index (χ1n) is 5.69. The lowest BCUT2D eigenvalue weighted by molar-refractivity contribution is 0.0702. The zero-order chi connectivity index (χ0) is 13.8. The van der Waals surface area contributed by atoms with E-state index in [4.69, 9.17) is 10.5 Å². The molecule has 19 heavy (non-hydrogen) atoms. The van der Waals surface area contributed by atoms with Gasteiger partial charge in [0.2, 0.25) is 0 Å². The van der Waals surface area contributed by atoms with Gasteiger partial charge in [0.05, 0.1) is 17.3 Å². The van der Waals surface area contributed by atoms with Crippen LogP contribution < -0.4 is 5.73 Å². The summed E-state index contributed by atoms with van der Waals surface area (Å²) in [7, 11) is 1.60. The first-order valence-corrected chi connectivity index (χ1v) is 6.51. The minimum absolute atomic E-state index is 0.246. The number of methoxy groups -OCH3 is 1. The van der Waals surface area contributed by atoms with Crippen molar-refractivity contribution in [2.75, 3.05) is 19.5 Å². The van der Waals surface area contributed by atoms with E-state index >= 15 is 0 Å². The van der Waals surface area contributed by atoms with E-state index in [0.29, 0.717) is 24.4 Å². The van der Waals surface area contributed by atoms with Crippen molar-refractivity contribution in [2.45, 2.75) is 6.42 Å². The SMILES string of the molecule is COCCc1nc(-c2ccc(N)cc2)c(C(=O)O)s1. The number of carboxylic acid groups (broad SMARTS) is 1. The number of carboxylic acids is 1. The van der Waals surface area contributed by atoms with Crippen molar-refractivity contribution in [3.63, 3.8) is 0 Å². The summed E-state index contributed by atoms with van der Waals surface area (Å²) in [5.74, 6) is -0.965. The van der Waals surface area contributed by atoms with Crippen LogP contribution in [0, 0.1) is 0 Å². The van der Waals surface area contributed by atoms with Crippen LogP contribution >= 0.6 is 11.3 Å². The van der Waals surface area contributed by atoms with Gasteiger partial charge in [0.15, 0.2) is 0 Å². The molecule has 0 aliphatic carbocycles. The van der Waals surface area contributed by atoms with Crippen LogP contribution in [-0.4, -0.2) is 29.8 Å². The van der Waals surface area contributed by atoms with Crippen LogP contribution in [0.2, 0.25) is 0 Å². The van der Waals surface area contributed by atoms with Crippen molar-refractivity contribution < 1.29 is 14.6 Å². The summed E-state index contributed by atoms with van der Waals surface area (Å²) in [6.45, 7) is 0.522. The van der Waals surface area contributed by atoms with Crippen molar-refractivity contribution in [1.29, 1.82) is 0 Å². The Labute approximate surface area is 114 Å². The van der Waals surface area contributed by atoms with Crippen LogP contribution in [0.5, 0.6) is 0 Å². The Kier molecular flexibility index (Phi) is 4.13. The molecule has 0 amide bonds. The molecule has 6 heteroatoms. The lowest BCUT2D eigenvalue weighted by Crippen LogP contribution is -1.95. The molecule has 0 radical (unpaired) electrons. The molecule has 0 unspecified atom stereocenters. The lowest BCUT2D eigenvalue weighted by Gasteiger charge is -1.99. The second-order valence-electron chi connectivity index (χ2n) is 3.96. The molecule has 1 aromatic carbocycles. The van der Waals surface area contributed by atoms with Gasteiger partial charge < -0.3 is 15.6 Å². The van der Waals surface area contributed by atoms with Crippen LogP contribution in [0.15, 0.2) is 24.3 Å². The first kappa shape index (κ1) is 13.5. The Morgan fingerprint density at radius 2 is 2.11 bits per heavy atom. The van der Waals surface area contributed by atoms with Crippen LogP contribution in [-0.2, 0) is 11.2 Å². The maximum Gasteiger partial charge on any atom is 0.348 e. The average molecular weight is 278 g/mol. The first-order chi connectivity index (χ1) is 9.11. The van der Waals surface area contributed by atoms with E-state index in [-0.39, 0.29) is 4.88 Å². The number of nitrogen functional groups attached to an aromatic ring is 1. The molecule has 0 saturated heterocycles. The maximum atomic E-state index is 11.3. The lowest BCUT2D eigenvalue weighted by atomic mass is 10.1. The molecule has 0 atom stereocenters. The Bertz CT molecular complexity index is 578. The Morgan fingerprint density at radius 1 is 1.42 bits per heavy atom. The highest BCUT2D eigenvalue weighted by Gasteiger charge is 2.18. The summed E-state index contributed by atoms with van der Waals surface area (Å²) in [5, 5.41) is 9.99. The maximum absolute atomic E-state index is 11.3. The van der Waals surface area contributed by atoms with E-state index in [0.717, 1.165) is 10.6 Å². The Morgan fingerprint density at radius 3 is 2.68 bits per heavy atom. The molecule has 2 aromatic rings. The number of carbonyl (C=O) groups is 1. The predicted octanol–water partition coefficient (Wildman–Crippen LogP) is 2.28. The predicted molar refractivity (Wildman–Crippen MR) is 74.5 cm³/mol. The van der Waals surface area contributed by atoms with E-state index in [1.54, 1.807) is 31.4 Å². The van der Waals surface area contributed by atoms with Gasteiger partial charge in [0.1, 0.15) is 4.88 Å². The van der Waals surface area contributed by atoms with Crippen molar-refractivity contribution in [2.24, 2.45) is 0 Å². The third kappa shape index (κ3) is 3.10. The average Bonchev–Trinajstić information content (AvgIpc) is 2.81. The van der Waals surface area contributed by atoms with Gasteiger partial charge >= 0.3 is 5.97 Å². The van der Waals surface area contributed by atoms with E-state index in [1.807, 2.05) is 0 Å². The molecule has 2 rings (SSSR count). The van der Waals surface area contributed by atoms with Crippen LogP contribution in [0.25, 0.3) is 11.3 Å². The van der Waals surface area contributed by atoms with Gasteiger partial charge in [0, 0.05) is 24.8 Å². The fraction of sp³-hybridized carbons (Fsp3) is 0.231. The normalized spacial score (nSPS) is 10.6. The zero-order valence-electron chi connectivity index (χ0n) is 10.4. The number of hydrogen-bond donors (Lipinski definition) is 2. The molecule has 1 aromatic heterocycles. The molecule has 100 valence electrons. The number of aromatic carboxylic acids is 1. The standard InChI is InChI=1S/C13H14N2O3S/c1-18-7-6-10-15-11(12(19-10)13(16)17)8-2-4-9(14)5-3-8/h2-5H,6-7,14H2,1H3,(H,16,17). The highest BCUT2D eigenvalue weighted by molar-refractivity contribution is 7.14. The smallest absolute Gasteiger partial charge is 0.348 e. The van der Waals surface area contributed by atoms with Gasteiger partial charge in [-0.2, -0.15) is 0 Å². The summed E-state index contributed by atoms with van der Waals surface area (Å²) in [6.07, 6.45) is 0.608. The number of hydrogen-bond acceptors (Lipinski definition) is 5. The Balaban J connectivity index is 2.39. The minimum atomic E-state index is -0.965. The van der Waals surface area contributed by atoms with Crippen molar-refractivity contribution >= 4 is 23.0 Å². The summed E-state index contributed by atoms with van der Waals surface area (Å²) < 4.78 is 4.98. The van der Waals surface area contributed by atoms with Crippen LogP contribution in [0.3, 0.4) is 0 Å². The molecule has 0 fully saturated rings. The zero-order valence-corrected chi connectivity index (χ0v) is 11.2. The van der Waals surface area contributed by atoms with Crippen LogP contribution in [0.1, 0.15) is 14.7 Å².